The quantitative estimate of drug-likeness (QED) is 0.639. The summed E-state index contributed by atoms with van der Waals surface area (Å²) in [6.07, 6.45) is 4.01. The summed E-state index contributed by atoms with van der Waals surface area (Å²) >= 11 is 0. The number of alkyl halides is 2. The van der Waals surface area contributed by atoms with E-state index >= 15 is 0 Å². The topological polar surface area (TPSA) is 66.0 Å². The molecule has 0 N–H and O–H groups in total. The molecule has 1 aromatic carbocycles. The Hall–Kier alpha value is -3.03. The predicted octanol–water partition coefficient (Wildman–Crippen LogP) is 3.90. The highest BCUT2D eigenvalue weighted by Crippen LogP contribution is 2.16. The van der Waals surface area contributed by atoms with Gasteiger partial charge < -0.3 is 9.15 Å². The van der Waals surface area contributed by atoms with Crippen LogP contribution in [0.25, 0.3) is 12.2 Å². The molecule has 0 aliphatic carbocycles. The average Bonchev–Trinajstić information content (AvgIpc) is 3.17. The molecule has 8 heteroatoms. The standard InChI is InChI=1S/C18H18F2N4O2/c1-12-11-13(2)24(23-12)10-9-17-22-21-16(26-17)8-5-14-3-6-15(7-4-14)25-18(19)20/h3-8,11,18H,9-10H2,1-2H3/b8-5-. The van der Waals surface area contributed by atoms with Crippen molar-refractivity contribution in [1.29, 1.82) is 0 Å². The zero-order valence-electron chi connectivity index (χ0n) is 14.4. The summed E-state index contributed by atoms with van der Waals surface area (Å²) in [5, 5.41) is 12.4. The van der Waals surface area contributed by atoms with Gasteiger partial charge in [-0.05, 0) is 43.7 Å². The molecule has 0 spiro atoms. The summed E-state index contributed by atoms with van der Waals surface area (Å²) < 4.78 is 36.0. The van der Waals surface area contributed by atoms with Gasteiger partial charge in [0.15, 0.2) is 0 Å². The van der Waals surface area contributed by atoms with E-state index in [9.17, 15) is 8.78 Å². The molecule has 0 aliphatic heterocycles. The van der Waals surface area contributed by atoms with Gasteiger partial charge >= 0.3 is 6.61 Å². The molecule has 0 atom stereocenters. The summed E-state index contributed by atoms with van der Waals surface area (Å²) in [5.74, 6) is 1.01. The van der Waals surface area contributed by atoms with Crippen LogP contribution in [-0.2, 0) is 13.0 Å². The lowest BCUT2D eigenvalue weighted by Gasteiger charge is -2.03. The maximum Gasteiger partial charge on any atom is 0.387 e. The lowest BCUT2D eigenvalue weighted by molar-refractivity contribution is -0.0498. The van der Waals surface area contributed by atoms with E-state index in [4.69, 9.17) is 4.42 Å². The molecule has 0 radical (unpaired) electrons. The highest BCUT2D eigenvalue weighted by molar-refractivity contribution is 5.66. The highest BCUT2D eigenvalue weighted by atomic mass is 19.3. The second-order valence-electron chi connectivity index (χ2n) is 5.72. The number of aromatic nitrogens is 4. The summed E-state index contributed by atoms with van der Waals surface area (Å²) in [5.41, 5.74) is 2.86. The second kappa shape index (κ2) is 7.90. The Kier molecular flexibility index (Phi) is 5.40. The van der Waals surface area contributed by atoms with Crippen LogP contribution in [-0.4, -0.2) is 26.6 Å². The molecule has 0 saturated carbocycles. The fourth-order valence-corrected chi connectivity index (χ4v) is 2.47. The summed E-state index contributed by atoms with van der Waals surface area (Å²) in [6, 6.07) is 8.28. The minimum atomic E-state index is -2.83. The summed E-state index contributed by atoms with van der Waals surface area (Å²) in [6.45, 7) is 1.78. The maximum absolute atomic E-state index is 12.1. The zero-order valence-corrected chi connectivity index (χ0v) is 14.4. The van der Waals surface area contributed by atoms with Crippen LogP contribution >= 0.6 is 0 Å². The monoisotopic (exact) mass is 360 g/mol. The molecule has 0 amide bonds. The molecule has 6 nitrogen and oxygen atoms in total. The highest BCUT2D eigenvalue weighted by Gasteiger charge is 2.07. The third kappa shape index (κ3) is 4.75. The van der Waals surface area contributed by atoms with E-state index in [1.54, 1.807) is 24.3 Å². The van der Waals surface area contributed by atoms with Crippen LogP contribution in [0.4, 0.5) is 8.78 Å². The Bertz CT molecular complexity index is 885. The van der Waals surface area contributed by atoms with Crippen molar-refractivity contribution in [3.8, 4) is 5.75 Å². The fourth-order valence-electron chi connectivity index (χ4n) is 2.47. The van der Waals surface area contributed by atoms with E-state index in [-0.39, 0.29) is 5.75 Å². The van der Waals surface area contributed by atoms with Crippen LogP contribution in [0, 0.1) is 13.8 Å². The molecule has 26 heavy (non-hydrogen) atoms. The van der Waals surface area contributed by atoms with Crippen molar-refractivity contribution in [2.24, 2.45) is 0 Å². The second-order valence-corrected chi connectivity index (χ2v) is 5.72. The van der Waals surface area contributed by atoms with E-state index in [0.29, 0.717) is 24.7 Å². The average molecular weight is 360 g/mol. The number of benzene rings is 1. The zero-order chi connectivity index (χ0) is 18.5. The molecule has 3 rings (SSSR count). The first-order valence-electron chi connectivity index (χ1n) is 8.06. The van der Waals surface area contributed by atoms with Crippen molar-refractivity contribution < 1.29 is 17.9 Å². The maximum atomic E-state index is 12.1. The number of ether oxygens (including phenoxy) is 1. The van der Waals surface area contributed by atoms with E-state index in [1.165, 1.54) is 12.1 Å². The SMILES string of the molecule is Cc1cc(C)n(CCc2nnc(/C=C\c3ccc(OC(F)F)cc3)o2)n1. The van der Waals surface area contributed by atoms with Crippen molar-refractivity contribution >= 4 is 12.2 Å². The summed E-state index contributed by atoms with van der Waals surface area (Å²) in [4.78, 5) is 0. The van der Waals surface area contributed by atoms with Crippen molar-refractivity contribution in [3.05, 3.63) is 59.1 Å². The van der Waals surface area contributed by atoms with E-state index in [1.807, 2.05) is 24.6 Å². The Balaban J connectivity index is 1.57. The van der Waals surface area contributed by atoms with Crippen molar-refractivity contribution in [1.82, 2.24) is 20.0 Å². The minimum absolute atomic E-state index is 0.112. The molecule has 0 unspecified atom stereocenters. The van der Waals surface area contributed by atoms with Gasteiger partial charge in [0, 0.05) is 24.7 Å². The minimum Gasteiger partial charge on any atom is -0.435 e. The number of halogens is 2. The van der Waals surface area contributed by atoms with Gasteiger partial charge in [-0.15, -0.1) is 10.2 Å². The Labute approximate surface area is 149 Å². The van der Waals surface area contributed by atoms with Crippen molar-refractivity contribution in [3.63, 3.8) is 0 Å². The lowest BCUT2D eigenvalue weighted by atomic mass is 10.2. The number of aryl methyl sites for hydroxylation is 4. The molecule has 3 aromatic rings. The smallest absolute Gasteiger partial charge is 0.387 e. The van der Waals surface area contributed by atoms with Gasteiger partial charge in [0.05, 0.1) is 5.69 Å². The molecule has 0 fully saturated rings. The van der Waals surface area contributed by atoms with E-state index < -0.39 is 6.61 Å². The molecule has 0 saturated heterocycles. The number of rotatable bonds is 7. The molecule has 2 heterocycles. The largest absolute Gasteiger partial charge is 0.435 e. The normalized spacial score (nSPS) is 11.6. The van der Waals surface area contributed by atoms with Gasteiger partial charge in [0.1, 0.15) is 5.75 Å². The Morgan fingerprint density at radius 1 is 1.15 bits per heavy atom. The summed E-state index contributed by atoms with van der Waals surface area (Å²) in [7, 11) is 0. The molecular formula is C18H18F2N4O2. The molecule has 2 aromatic heterocycles. The van der Waals surface area contributed by atoms with Gasteiger partial charge in [-0.2, -0.15) is 13.9 Å². The molecule has 136 valence electrons. The fraction of sp³-hybridized carbons (Fsp3) is 0.278. The Morgan fingerprint density at radius 3 is 2.58 bits per heavy atom. The molecule has 0 aliphatic rings. The predicted molar refractivity (Wildman–Crippen MR) is 91.7 cm³/mol. The van der Waals surface area contributed by atoms with Gasteiger partial charge in [0.25, 0.3) is 0 Å². The number of nitrogens with zero attached hydrogens (tertiary/aromatic N) is 4. The van der Waals surface area contributed by atoms with Crippen LogP contribution < -0.4 is 4.74 Å². The lowest BCUT2D eigenvalue weighted by Crippen LogP contribution is -2.05. The van der Waals surface area contributed by atoms with Crippen LogP contribution in [0.3, 0.4) is 0 Å². The van der Waals surface area contributed by atoms with E-state index in [2.05, 4.69) is 20.0 Å². The van der Waals surface area contributed by atoms with Crippen LogP contribution in [0.1, 0.15) is 28.7 Å². The van der Waals surface area contributed by atoms with Crippen LogP contribution in [0.5, 0.6) is 5.75 Å². The van der Waals surface area contributed by atoms with Gasteiger partial charge in [-0.3, -0.25) is 4.68 Å². The first-order valence-corrected chi connectivity index (χ1v) is 8.06. The number of hydrogen-bond donors (Lipinski definition) is 0. The third-order valence-corrected chi connectivity index (χ3v) is 3.65. The number of hydrogen-bond acceptors (Lipinski definition) is 5. The van der Waals surface area contributed by atoms with Gasteiger partial charge in [-0.1, -0.05) is 12.1 Å². The van der Waals surface area contributed by atoms with Crippen LogP contribution in [0.2, 0.25) is 0 Å². The molecular weight excluding hydrogens is 342 g/mol. The van der Waals surface area contributed by atoms with Crippen molar-refractivity contribution in [2.75, 3.05) is 0 Å². The van der Waals surface area contributed by atoms with E-state index in [0.717, 1.165) is 17.0 Å². The third-order valence-electron chi connectivity index (χ3n) is 3.65. The van der Waals surface area contributed by atoms with Gasteiger partial charge in [-0.25, -0.2) is 0 Å². The molecule has 0 bridgehead atoms. The Morgan fingerprint density at radius 2 is 1.92 bits per heavy atom. The van der Waals surface area contributed by atoms with Gasteiger partial charge in [0.2, 0.25) is 11.8 Å². The van der Waals surface area contributed by atoms with Crippen molar-refractivity contribution in [2.45, 2.75) is 33.4 Å². The first kappa shape index (κ1) is 17.8. The first-order chi connectivity index (χ1) is 12.5. The van der Waals surface area contributed by atoms with Crippen LogP contribution in [0.15, 0.2) is 34.7 Å².